The maximum Gasteiger partial charge on any atom is 0.0201 e. The first-order valence-electron chi connectivity index (χ1n) is 7.11. The van der Waals surface area contributed by atoms with Gasteiger partial charge in [-0.05, 0) is 42.7 Å². The van der Waals surface area contributed by atoms with Crippen LogP contribution in [0.25, 0.3) is 0 Å². The lowest BCUT2D eigenvalue weighted by atomic mass is 9.74. The molecule has 3 rings (SSSR count). The molecule has 1 fully saturated rings. The van der Waals surface area contributed by atoms with Crippen molar-refractivity contribution in [3.63, 3.8) is 0 Å². The van der Waals surface area contributed by atoms with Gasteiger partial charge in [0.15, 0.2) is 0 Å². The summed E-state index contributed by atoms with van der Waals surface area (Å²) in [6.07, 6.45) is 10.4. The fourth-order valence-corrected chi connectivity index (χ4v) is 3.79. The molecular weight excluding hydrogens is 206 g/mol. The van der Waals surface area contributed by atoms with Gasteiger partial charge >= 0.3 is 0 Å². The molecule has 0 radical (unpaired) electrons. The Labute approximate surface area is 104 Å². The molecule has 92 valence electrons. The van der Waals surface area contributed by atoms with E-state index in [-0.39, 0.29) is 5.54 Å². The molecule has 2 aliphatic rings. The highest BCUT2D eigenvalue weighted by Crippen LogP contribution is 2.36. The van der Waals surface area contributed by atoms with Crippen molar-refractivity contribution in [1.29, 1.82) is 0 Å². The number of fused-ring (bicyclic) bond motifs is 1. The SMILES string of the molecule is NC1(CC2CCCC2)CCc2ccccc2C1. The average molecular weight is 229 g/mol. The van der Waals surface area contributed by atoms with Crippen LogP contribution in [0.3, 0.4) is 0 Å². The summed E-state index contributed by atoms with van der Waals surface area (Å²) in [4.78, 5) is 0. The summed E-state index contributed by atoms with van der Waals surface area (Å²) in [6.45, 7) is 0. The molecule has 1 heteroatoms. The molecule has 1 unspecified atom stereocenters. The molecule has 1 atom stereocenters. The van der Waals surface area contributed by atoms with Gasteiger partial charge in [-0.3, -0.25) is 0 Å². The van der Waals surface area contributed by atoms with Crippen LogP contribution in [-0.4, -0.2) is 5.54 Å². The summed E-state index contributed by atoms with van der Waals surface area (Å²) in [5, 5.41) is 0. The van der Waals surface area contributed by atoms with Gasteiger partial charge in [0, 0.05) is 5.54 Å². The normalized spacial score (nSPS) is 29.2. The van der Waals surface area contributed by atoms with Crippen molar-refractivity contribution in [2.24, 2.45) is 11.7 Å². The Balaban J connectivity index is 1.73. The van der Waals surface area contributed by atoms with Crippen LogP contribution in [0.2, 0.25) is 0 Å². The molecule has 0 amide bonds. The van der Waals surface area contributed by atoms with Crippen LogP contribution < -0.4 is 5.73 Å². The van der Waals surface area contributed by atoms with Gasteiger partial charge in [0.1, 0.15) is 0 Å². The number of aryl methyl sites for hydroxylation is 1. The van der Waals surface area contributed by atoms with Gasteiger partial charge < -0.3 is 5.73 Å². The van der Waals surface area contributed by atoms with Crippen molar-refractivity contribution in [3.05, 3.63) is 35.4 Å². The molecule has 1 nitrogen and oxygen atoms in total. The van der Waals surface area contributed by atoms with Crippen LogP contribution in [0.5, 0.6) is 0 Å². The van der Waals surface area contributed by atoms with Crippen molar-refractivity contribution < 1.29 is 0 Å². The zero-order chi connectivity index (χ0) is 11.7. The highest BCUT2D eigenvalue weighted by molar-refractivity contribution is 5.32. The quantitative estimate of drug-likeness (QED) is 0.826. The number of benzene rings is 1. The van der Waals surface area contributed by atoms with Crippen LogP contribution in [-0.2, 0) is 12.8 Å². The molecular formula is C16H23N. The first kappa shape index (κ1) is 11.3. The fraction of sp³-hybridized carbons (Fsp3) is 0.625. The second kappa shape index (κ2) is 4.45. The van der Waals surface area contributed by atoms with Crippen molar-refractivity contribution >= 4 is 0 Å². The van der Waals surface area contributed by atoms with Crippen LogP contribution in [0.1, 0.15) is 49.7 Å². The first-order valence-corrected chi connectivity index (χ1v) is 7.11. The van der Waals surface area contributed by atoms with E-state index in [1.165, 1.54) is 56.1 Å². The van der Waals surface area contributed by atoms with Crippen molar-refractivity contribution in [2.45, 2.75) is 56.9 Å². The Bertz CT molecular complexity index is 392. The Morgan fingerprint density at radius 3 is 2.59 bits per heavy atom. The third kappa shape index (κ3) is 2.40. The molecule has 1 aromatic carbocycles. The van der Waals surface area contributed by atoms with E-state index in [0.717, 1.165) is 12.3 Å². The van der Waals surface area contributed by atoms with Gasteiger partial charge in [0.25, 0.3) is 0 Å². The van der Waals surface area contributed by atoms with Gasteiger partial charge in [0.05, 0.1) is 0 Å². The average Bonchev–Trinajstić information content (AvgIpc) is 2.81. The maximum absolute atomic E-state index is 6.65. The van der Waals surface area contributed by atoms with Crippen molar-refractivity contribution in [2.75, 3.05) is 0 Å². The molecule has 2 N–H and O–H groups in total. The van der Waals surface area contributed by atoms with E-state index in [0.29, 0.717) is 0 Å². The van der Waals surface area contributed by atoms with E-state index >= 15 is 0 Å². The lowest BCUT2D eigenvalue weighted by molar-refractivity contribution is 0.286. The Morgan fingerprint density at radius 1 is 1.12 bits per heavy atom. The molecule has 0 heterocycles. The summed E-state index contributed by atoms with van der Waals surface area (Å²) < 4.78 is 0. The van der Waals surface area contributed by atoms with Crippen LogP contribution in [0, 0.1) is 5.92 Å². The fourth-order valence-electron chi connectivity index (χ4n) is 3.79. The third-order valence-corrected chi connectivity index (χ3v) is 4.72. The number of rotatable bonds is 2. The van der Waals surface area contributed by atoms with Gasteiger partial charge in [-0.15, -0.1) is 0 Å². The molecule has 0 aromatic heterocycles. The second-order valence-electron chi connectivity index (χ2n) is 6.16. The van der Waals surface area contributed by atoms with E-state index in [4.69, 9.17) is 5.73 Å². The summed E-state index contributed by atoms with van der Waals surface area (Å²) in [5.41, 5.74) is 9.77. The van der Waals surface area contributed by atoms with Crippen molar-refractivity contribution in [1.82, 2.24) is 0 Å². The monoisotopic (exact) mass is 229 g/mol. The molecule has 1 saturated carbocycles. The summed E-state index contributed by atoms with van der Waals surface area (Å²) >= 11 is 0. The highest BCUT2D eigenvalue weighted by Gasteiger charge is 2.33. The van der Waals surface area contributed by atoms with Crippen LogP contribution in [0.15, 0.2) is 24.3 Å². The lowest BCUT2D eigenvalue weighted by Gasteiger charge is -2.36. The van der Waals surface area contributed by atoms with E-state index in [1.807, 2.05) is 0 Å². The second-order valence-corrected chi connectivity index (χ2v) is 6.16. The third-order valence-electron chi connectivity index (χ3n) is 4.72. The molecule has 0 bridgehead atoms. The predicted molar refractivity (Wildman–Crippen MR) is 72.0 cm³/mol. The standard InChI is InChI=1S/C16H23N/c17-16(11-13-5-1-2-6-13)10-9-14-7-3-4-8-15(14)12-16/h3-4,7-8,13H,1-2,5-6,9-12,17H2. The molecule has 0 aliphatic heterocycles. The van der Waals surface area contributed by atoms with E-state index in [2.05, 4.69) is 24.3 Å². The largest absolute Gasteiger partial charge is 0.325 e. The van der Waals surface area contributed by atoms with E-state index < -0.39 is 0 Å². The number of hydrogen-bond donors (Lipinski definition) is 1. The zero-order valence-electron chi connectivity index (χ0n) is 10.6. The maximum atomic E-state index is 6.65. The number of hydrogen-bond acceptors (Lipinski definition) is 1. The van der Waals surface area contributed by atoms with Gasteiger partial charge in [-0.1, -0.05) is 49.9 Å². The minimum atomic E-state index is 0.0867. The summed E-state index contributed by atoms with van der Waals surface area (Å²) in [5.74, 6) is 0.908. The van der Waals surface area contributed by atoms with Crippen molar-refractivity contribution in [3.8, 4) is 0 Å². The molecule has 17 heavy (non-hydrogen) atoms. The minimum Gasteiger partial charge on any atom is -0.325 e. The Morgan fingerprint density at radius 2 is 1.82 bits per heavy atom. The summed E-state index contributed by atoms with van der Waals surface area (Å²) in [7, 11) is 0. The smallest absolute Gasteiger partial charge is 0.0201 e. The predicted octanol–water partition coefficient (Wildman–Crippen LogP) is 3.45. The minimum absolute atomic E-state index is 0.0867. The van der Waals surface area contributed by atoms with E-state index in [9.17, 15) is 0 Å². The Hall–Kier alpha value is -0.820. The molecule has 0 saturated heterocycles. The van der Waals surface area contributed by atoms with Crippen LogP contribution >= 0.6 is 0 Å². The number of nitrogens with two attached hydrogens (primary N) is 1. The Kier molecular flexibility index (Phi) is 2.96. The van der Waals surface area contributed by atoms with E-state index in [1.54, 1.807) is 0 Å². The molecule has 2 aliphatic carbocycles. The highest BCUT2D eigenvalue weighted by atomic mass is 14.7. The van der Waals surface area contributed by atoms with Gasteiger partial charge in [0.2, 0.25) is 0 Å². The van der Waals surface area contributed by atoms with Gasteiger partial charge in [-0.2, -0.15) is 0 Å². The first-order chi connectivity index (χ1) is 8.25. The zero-order valence-corrected chi connectivity index (χ0v) is 10.6. The van der Waals surface area contributed by atoms with Gasteiger partial charge in [-0.25, -0.2) is 0 Å². The molecule has 0 spiro atoms. The molecule has 1 aromatic rings. The topological polar surface area (TPSA) is 26.0 Å². The lowest BCUT2D eigenvalue weighted by Crippen LogP contribution is -2.46. The van der Waals surface area contributed by atoms with Crippen LogP contribution in [0.4, 0.5) is 0 Å². The summed E-state index contributed by atoms with van der Waals surface area (Å²) in [6, 6.07) is 8.84.